The van der Waals surface area contributed by atoms with Crippen LogP contribution in [-0.4, -0.2) is 27.7 Å². The predicted molar refractivity (Wildman–Crippen MR) is 77.9 cm³/mol. The van der Waals surface area contributed by atoms with Gasteiger partial charge in [-0.1, -0.05) is 13.3 Å². The number of nitrogen functional groups attached to an aromatic ring is 1. The van der Waals surface area contributed by atoms with Gasteiger partial charge in [0.15, 0.2) is 0 Å². The van der Waals surface area contributed by atoms with Crippen molar-refractivity contribution in [2.45, 2.75) is 32.2 Å². The number of rotatable bonds is 6. The van der Waals surface area contributed by atoms with Gasteiger partial charge in [-0.3, -0.25) is 0 Å². The van der Waals surface area contributed by atoms with E-state index in [9.17, 15) is 4.39 Å². The number of aromatic nitrogens is 2. The maximum atomic E-state index is 13.4. The molecule has 6 heteroatoms. The van der Waals surface area contributed by atoms with Crippen molar-refractivity contribution < 1.29 is 9.50 Å². The lowest BCUT2D eigenvalue weighted by atomic mass is 10.1. The van der Waals surface area contributed by atoms with Crippen LogP contribution < -0.4 is 11.1 Å². The Morgan fingerprint density at radius 3 is 2.85 bits per heavy atom. The highest BCUT2D eigenvalue weighted by Crippen LogP contribution is 2.23. The number of aliphatic hydroxyl groups excluding tert-OH is 1. The smallest absolute Gasteiger partial charge is 0.222 e. The topological polar surface area (TPSA) is 84.1 Å². The van der Waals surface area contributed by atoms with Crippen LogP contribution in [0.25, 0.3) is 10.9 Å². The van der Waals surface area contributed by atoms with Crippen LogP contribution in [-0.2, 0) is 0 Å². The minimum Gasteiger partial charge on any atom is -0.396 e. The molecule has 0 amide bonds. The van der Waals surface area contributed by atoms with Crippen molar-refractivity contribution in [2.24, 2.45) is 0 Å². The molecule has 0 radical (unpaired) electrons. The van der Waals surface area contributed by atoms with E-state index in [2.05, 4.69) is 22.2 Å². The molecule has 0 aliphatic rings. The zero-order chi connectivity index (χ0) is 14.5. The molecule has 1 aromatic heterocycles. The lowest BCUT2D eigenvalue weighted by molar-refractivity contribution is 0.276. The third-order valence-corrected chi connectivity index (χ3v) is 3.13. The molecule has 1 unspecified atom stereocenters. The van der Waals surface area contributed by atoms with Crippen LogP contribution in [0.1, 0.15) is 26.2 Å². The number of hydrogen-bond donors (Lipinski definition) is 3. The Hall–Kier alpha value is -1.95. The van der Waals surface area contributed by atoms with Crippen LogP contribution in [0.3, 0.4) is 0 Å². The Kier molecular flexibility index (Phi) is 4.68. The van der Waals surface area contributed by atoms with Crippen molar-refractivity contribution in [3.05, 3.63) is 24.0 Å². The second kappa shape index (κ2) is 6.47. The zero-order valence-electron chi connectivity index (χ0n) is 11.4. The summed E-state index contributed by atoms with van der Waals surface area (Å²) in [5.41, 5.74) is 6.28. The number of nitrogens with zero attached hydrogens (tertiary/aromatic N) is 2. The summed E-state index contributed by atoms with van der Waals surface area (Å²) in [6, 6.07) is 4.38. The molecule has 2 aromatic rings. The Balaban J connectivity index is 2.38. The van der Waals surface area contributed by atoms with Gasteiger partial charge in [0.1, 0.15) is 11.6 Å². The van der Waals surface area contributed by atoms with Gasteiger partial charge in [-0.15, -0.1) is 0 Å². The Morgan fingerprint density at radius 2 is 2.15 bits per heavy atom. The first kappa shape index (κ1) is 14.5. The fourth-order valence-electron chi connectivity index (χ4n) is 2.21. The number of halogens is 1. The van der Waals surface area contributed by atoms with Crippen LogP contribution in [0.5, 0.6) is 0 Å². The molecule has 20 heavy (non-hydrogen) atoms. The molecule has 0 spiro atoms. The van der Waals surface area contributed by atoms with Gasteiger partial charge in [0, 0.05) is 18.0 Å². The monoisotopic (exact) mass is 278 g/mol. The number of fused-ring (bicyclic) bond motifs is 1. The van der Waals surface area contributed by atoms with Crippen LogP contribution in [0.4, 0.5) is 16.2 Å². The molecule has 5 nitrogen and oxygen atoms in total. The number of anilines is 2. The predicted octanol–water partition coefficient (Wildman–Crippen LogP) is 2.31. The van der Waals surface area contributed by atoms with Crippen molar-refractivity contribution in [2.75, 3.05) is 17.7 Å². The summed E-state index contributed by atoms with van der Waals surface area (Å²) in [5, 5.41) is 12.9. The third kappa shape index (κ3) is 3.33. The number of nitrogens with two attached hydrogens (primary N) is 1. The molecule has 1 atom stereocenters. The highest BCUT2D eigenvalue weighted by Gasteiger charge is 2.12. The Morgan fingerprint density at radius 1 is 1.35 bits per heavy atom. The minimum atomic E-state index is -0.344. The fourth-order valence-corrected chi connectivity index (χ4v) is 2.21. The largest absolute Gasteiger partial charge is 0.396 e. The Bertz CT molecular complexity index is 585. The van der Waals surface area contributed by atoms with Crippen molar-refractivity contribution >= 4 is 22.7 Å². The van der Waals surface area contributed by atoms with Gasteiger partial charge in [0.05, 0.1) is 5.52 Å². The van der Waals surface area contributed by atoms with Crippen LogP contribution in [0, 0.1) is 5.82 Å². The average Bonchev–Trinajstić information content (AvgIpc) is 2.40. The van der Waals surface area contributed by atoms with E-state index in [0.717, 1.165) is 12.8 Å². The molecule has 1 heterocycles. The van der Waals surface area contributed by atoms with E-state index in [1.165, 1.54) is 12.1 Å². The van der Waals surface area contributed by atoms with Gasteiger partial charge < -0.3 is 16.2 Å². The summed E-state index contributed by atoms with van der Waals surface area (Å²) in [6.45, 7) is 2.16. The second-order valence-corrected chi connectivity index (χ2v) is 4.73. The van der Waals surface area contributed by atoms with Gasteiger partial charge in [-0.25, -0.2) is 9.37 Å². The molecule has 2 rings (SSSR count). The third-order valence-electron chi connectivity index (χ3n) is 3.13. The van der Waals surface area contributed by atoms with Gasteiger partial charge >= 0.3 is 0 Å². The summed E-state index contributed by atoms with van der Waals surface area (Å²) in [7, 11) is 0. The summed E-state index contributed by atoms with van der Waals surface area (Å²) >= 11 is 0. The molecule has 1 aromatic carbocycles. The van der Waals surface area contributed by atoms with E-state index in [0.29, 0.717) is 23.1 Å². The summed E-state index contributed by atoms with van der Waals surface area (Å²) < 4.78 is 13.4. The lowest BCUT2D eigenvalue weighted by Gasteiger charge is -2.19. The number of hydrogen-bond acceptors (Lipinski definition) is 5. The molecule has 0 saturated carbocycles. The van der Waals surface area contributed by atoms with E-state index in [-0.39, 0.29) is 24.4 Å². The molecule has 108 valence electrons. The summed E-state index contributed by atoms with van der Waals surface area (Å²) in [5.74, 6) is 0.313. The molecular weight excluding hydrogens is 259 g/mol. The van der Waals surface area contributed by atoms with Crippen molar-refractivity contribution in [3.63, 3.8) is 0 Å². The highest BCUT2D eigenvalue weighted by atomic mass is 19.1. The molecule has 0 saturated heterocycles. The molecule has 0 aliphatic heterocycles. The summed E-state index contributed by atoms with van der Waals surface area (Å²) in [6.07, 6.45) is 2.47. The number of aliphatic hydroxyl groups is 1. The van der Waals surface area contributed by atoms with Crippen LogP contribution >= 0.6 is 0 Å². The minimum absolute atomic E-state index is 0.0748. The number of benzene rings is 1. The van der Waals surface area contributed by atoms with Crippen LogP contribution in [0.15, 0.2) is 18.2 Å². The molecule has 0 bridgehead atoms. The van der Waals surface area contributed by atoms with Crippen molar-refractivity contribution in [1.82, 2.24) is 9.97 Å². The second-order valence-electron chi connectivity index (χ2n) is 4.73. The van der Waals surface area contributed by atoms with Gasteiger partial charge in [-0.2, -0.15) is 4.98 Å². The van der Waals surface area contributed by atoms with Crippen molar-refractivity contribution in [3.8, 4) is 0 Å². The van der Waals surface area contributed by atoms with E-state index < -0.39 is 0 Å². The van der Waals surface area contributed by atoms with Gasteiger partial charge in [0.2, 0.25) is 5.95 Å². The summed E-state index contributed by atoms with van der Waals surface area (Å²) in [4.78, 5) is 8.24. The van der Waals surface area contributed by atoms with Crippen LogP contribution in [0.2, 0.25) is 0 Å². The molecular formula is C14H19FN4O. The quantitative estimate of drug-likeness (QED) is 0.755. The zero-order valence-corrected chi connectivity index (χ0v) is 11.4. The standard InChI is InChI=1S/C14H19FN4O/c1-2-3-10(6-7-20)17-13-11-8-9(15)4-5-12(11)18-14(16)19-13/h4-5,8,10,20H,2-3,6-7H2,1H3,(H3,16,17,18,19). The molecule has 0 fully saturated rings. The first-order valence-corrected chi connectivity index (χ1v) is 6.74. The highest BCUT2D eigenvalue weighted by molar-refractivity contribution is 5.90. The first-order valence-electron chi connectivity index (χ1n) is 6.74. The molecule has 4 N–H and O–H groups in total. The first-order chi connectivity index (χ1) is 9.63. The van der Waals surface area contributed by atoms with E-state index >= 15 is 0 Å². The maximum absolute atomic E-state index is 13.4. The number of nitrogens with one attached hydrogen (secondary N) is 1. The van der Waals surface area contributed by atoms with E-state index in [4.69, 9.17) is 10.8 Å². The molecule has 0 aliphatic carbocycles. The van der Waals surface area contributed by atoms with Gasteiger partial charge in [0.25, 0.3) is 0 Å². The Labute approximate surface area is 117 Å². The fraction of sp³-hybridized carbons (Fsp3) is 0.429. The SMILES string of the molecule is CCCC(CCO)Nc1nc(N)nc2ccc(F)cc12. The van der Waals surface area contributed by atoms with Gasteiger partial charge in [-0.05, 0) is 31.0 Å². The van der Waals surface area contributed by atoms with E-state index in [1.54, 1.807) is 6.07 Å². The van der Waals surface area contributed by atoms with Crippen molar-refractivity contribution in [1.29, 1.82) is 0 Å². The normalized spacial score (nSPS) is 12.6. The van der Waals surface area contributed by atoms with E-state index in [1.807, 2.05) is 0 Å². The maximum Gasteiger partial charge on any atom is 0.222 e. The average molecular weight is 278 g/mol. The lowest BCUT2D eigenvalue weighted by Crippen LogP contribution is -2.22.